The molecule has 3 aromatic carbocycles. The highest BCUT2D eigenvalue weighted by Crippen LogP contribution is 2.43. The van der Waals surface area contributed by atoms with E-state index in [1.54, 1.807) is 7.05 Å². The van der Waals surface area contributed by atoms with Crippen molar-refractivity contribution in [2.24, 2.45) is 12.5 Å². The van der Waals surface area contributed by atoms with E-state index in [2.05, 4.69) is 32.2 Å². The minimum atomic E-state index is -0.498. The molecule has 2 amide bonds. The van der Waals surface area contributed by atoms with Gasteiger partial charge in [-0.3, -0.25) is 19.6 Å². The van der Waals surface area contributed by atoms with Crippen molar-refractivity contribution in [3.05, 3.63) is 94.5 Å². The molecule has 0 saturated carbocycles. The number of terminal acetylenes is 1. The van der Waals surface area contributed by atoms with Crippen LogP contribution in [0, 0.1) is 17.8 Å². The quantitative estimate of drug-likeness (QED) is 0.271. The van der Waals surface area contributed by atoms with Crippen LogP contribution >= 0.6 is 0 Å². The molecule has 0 aliphatic carbocycles. The summed E-state index contributed by atoms with van der Waals surface area (Å²) in [6.07, 6.45) is 9.90. The van der Waals surface area contributed by atoms with E-state index in [1.807, 2.05) is 76.5 Å². The lowest BCUT2D eigenvalue weighted by atomic mass is 9.85. The van der Waals surface area contributed by atoms with Gasteiger partial charge >= 0.3 is 5.76 Å². The number of aryl methyl sites for hydroxylation is 1. The van der Waals surface area contributed by atoms with E-state index in [0.29, 0.717) is 32.7 Å². The predicted octanol–water partition coefficient (Wildman–Crippen LogP) is 4.31. The fraction of sp³-hybridized carbons (Fsp3) is 0.289. The lowest BCUT2D eigenvalue weighted by molar-refractivity contribution is -0.132. The normalized spacial score (nSPS) is 19.6. The van der Waals surface area contributed by atoms with Gasteiger partial charge in [0.2, 0.25) is 17.7 Å². The maximum absolute atomic E-state index is 14.0. The second kappa shape index (κ2) is 12.1. The first-order chi connectivity index (χ1) is 23.8. The van der Waals surface area contributed by atoms with Gasteiger partial charge in [0, 0.05) is 61.0 Å². The number of carbonyl (C=O) groups excluding carboxylic acids is 2. The van der Waals surface area contributed by atoms with E-state index in [4.69, 9.17) is 10.8 Å². The summed E-state index contributed by atoms with van der Waals surface area (Å²) in [7, 11) is 1.55. The first-order valence-electron chi connectivity index (χ1n) is 16.5. The number of H-pyrrole nitrogens is 1. The molecule has 2 fully saturated rings. The van der Waals surface area contributed by atoms with Crippen LogP contribution in [-0.4, -0.2) is 80.9 Å². The first kappa shape index (κ1) is 30.6. The molecule has 1 N–H and O–H groups in total. The molecule has 11 heteroatoms. The molecule has 3 aliphatic heterocycles. The Morgan fingerprint density at radius 1 is 0.980 bits per heavy atom. The molecule has 0 bridgehead atoms. The standard InChI is InChI=1S/C38H35N7O4/c1-3-25-4-6-28(7-5-25)34-31-22-30(12-13-32(31)39-40-34)45-21-17-38(36(45)47)16-20-43(24-38)23-33(46)44-18-14-27(15-19-44)26-8-10-29(11-9-26)35-41-42(2)37(48)49-35/h1,4-14,22H,15-21,23-24H2,2H3,(H,39,40)/t38-/m0/s1. The van der Waals surface area contributed by atoms with Crippen LogP contribution in [0.2, 0.25) is 0 Å². The van der Waals surface area contributed by atoms with Crippen LogP contribution in [0.1, 0.15) is 30.4 Å². The second-order valence-electron chi connectivity index (χ2n) is 13.2. The smallest absolute Gasteiger partial charge is 0.388 e. The zero-order chi connectivity index (χ0) is 33.7. The average molecular weight is 654 g/mol. The number of hydrogen-bond acceptors (Lipinski definition) is 7. The Balaban J connectivity index is 0.893. The first-order valence-corrected chi connectivity index (χ1v) is 16.5. The highest BCUT2D eigenvalue weighted by Gasteiger charge is 2.51. The van der Waals surface area contributed by atoms with Crippen LogP contribution in [0.4, 0.5) is 5.69 Å². The van der Waals surface area contributed by atoms with Gasteiger partial charge in [0.15, 0.2) is 0 Å². The van der Waals surface area contributed by atoms with E-state index in [9.17, 15) is 14.4 Å². The third-order valence-electron chi connectivity index (χ3n) is 10.2. The highest BCUT2D eigenvalue weighted by molar-refractivity contribution is 6.03. The minimum Gasteiger partial charge on any atom is -0.388 e. The largest absolute Gasteiger partial charge is 0.437 e. The van der Waals surface area contributed by atoms with Crippen LogP contribution < -0.4 is 10.7 Å². The minimum absolute atomic E-state index is 0.0865. The number of nitrogens with zero attached hydrogens (tertiary/aromatic N) is 6. The molecule has 0 radical (unpaired) electrons. The van der Waals surface area contributed by atoms with E-state index >= 15 is 0 Å². The number of likely N-dealkylation sites (tertiary alicyclic amines) is 1. The van der Waals surface area contributed by atoms with Crippen molar-refractivity contribution in [1.29, 1.82) is 0 Å². The van der Waals surface area contributed by atoms with Gasteiger partial charge < -0.3 is 14.2 Å². The molecular weight excluding hydrogens is 618 g/mol. The maximum Gasteiger partial charge on any atom is 0.437 e. The molecule has 5 heterocycles. The van der Waals surface area contributed by atoms with Crippen LogP contribution in [0.25, 0.3) is 39.2 Å². The molecule has 5 aromatic rings. The number of aromatic amines is 1. The number of aromatic nitrogens is 4. The number of rotatable bonds is 6. The fourth-order valence-corrected chi connectivity index (χ4v) is 7.39. The Hall–Kier alpha value is -5.73. The summed E-state index contributed by atoms with van der Waals surface area (Å²) in [5.41, 5.74) is 6.86. The topological polar surface area (TPSA) is 121 Å². The van der Waals surface area contributed by atoms with Gasteiger partial charge in [-0.2, -0.15) is 9.78 Å². The number of benzene rings is 3. The number of fused-ring (bicyclic) bond motifs is 1. The van der Waals surface area contributed by atoms with E-state index in [-0.39, 0.29) is 17.7 Å². The van der Waals surface area contributed by atoms with E-state index in [1.165, 1.54) is 10.3 Å². The highest BCUT2D eigenvalue weighted by atomic mass is 16.4. The molecule has 2 aromatic heterocycles. The van der Waals surface area contributed by atoms with Gasteiger partial charge in [-0.15, -0.1) is 11.5 Å². The molecule has 2 saturated heterocycles. The monoisotopic (exact) mass is 653 g/mol. The Morgan fingerprint density at radius 2 is 1.73 bits per heavy atom. The maximum atomic E-state index is 14.0. The summed E-state index contributed by atoms with van der Waals surface area (Å²) in [5, 5.41) is 12.7. The predicted molar refractivity (Wildman–Crippen MR) is 186 cm³/mol. The molecule has 1 spiro atoms. The van der Waals surface area contributed by atoms with Crippen LogP contribution in [0.5, 0.6) is 0 Å². The Kier molecular flexibility index (Phi) is 7.53. The Labute approximate surface area is 282 Å². The molecule has 0 unspecified atom stereocenters. The molecule has 8 rings (SSSR count). The van der Waals surface area contributed by atoms with E-state index < -0.39 is 11.2 Å². The third-order valence-corrected chi connectivity index (χ3v) is 10.2. The van der Waals surface area contributed by atoms with Gasteiger partial charge in [0.25, 0.3) is 0 Å². The van der Waals surface area contributed by atoms with Crippen LogP contribution in [0.15, 0.2) is 82.0 Å². The van der Waals surface area contributed by atoms with Gasteiger partial charge in [-0.05, 0) is 79.4 Å². The van der Waals surface area contributed by atoms with Crippen LogP contribution in [0.3, 0.4) is 0 Å². The summed E-state index contributed by atoms with van der Waals surface area (Å²) in [5.74, 6) is 2.66. The van der Waals surface area contributed by atoms with Crippen molar-refractivity contribution < 1.29 is 14.0 Å². The molecule has 3 aliphatic rings. The fourth-order valence-electron chi connectivity index (χ4n) is 7.39. The molecule has 49 heavy (non-hydrogen) atoms. The number of hydrogen-bond donors (Lipinski definition) is 1. The number of anilines is 1. The third kappa shape index (κ3) is 5.54. The number of carbonyl (C=O) groups is 2. The summed E-state index contributed by atoms with van der Waals surface area (Å²) in [4.78, 5) is 44.9. The molecule has 246 valence electrons. The summed E-state index contributed by atoms with van der Waals surface area (Å²) >= 11 is 0. The Morgan fingerprint density at radius 3 is 2.45 bits per heavy atom. The number of amides is 2. The van der Waals surface area contributed by atoms with Gasteiger partial charge in [0.1, 0.15) is 0 Å². The second-order valence-corrected chi connectivity index (χ2v) is 13.2. The Bertz CT molecular complexity index is 2220. The van der Waals surface area contributed by atoms with Gasteiger partial charge in [0.05, 0.1) is 23.2 Å². The summed E-state index contributed by atoms with van der Waals surface area (Å²) in [6, 6.07) is 21.5. The average Bonchev–Trinajstić information content (AvgIpc) is 3.91. The van der Waals surface area contributed by atoms with Crippen molar-refractivity contribution in [2.45, 2.75) is 19.3 Å². The SMILES string of the molecule is C#Cc1ccc(-c2n[nH]c3ccc(N4CC[C@]5(CCN(CC(=O)N6CC=C(c7ccc(-c8nn(C)c(=O)o8)cc7)CC6)C5)C4=O)cc23)cc1. The lowest BCUT2D eigenvalue weighted by Gasteiger charge is -2.29. The van der Waals surface area contributed by atoms with Crippen molar-refractivity contribution in [3.8, 4) is 35.1 Å². The van der Waals surface area contributed by atoms with Crippen molar-refractivity contribution in [1.82, 2.24) is 29.8 Å². The van der Waals surface area contributed by atoms with E-state index in [0.717, 1.165) is 70.3 Å². The zero-order valence-electron chi connectivity index (χ0n) is 27.2. The molecular formula is C38H35N7O4. The lowest BCUT2D eigenvalue weighted by Crippen LogP contribution is -2.43. The van der Waals surface area contributed by atoms with Crippen molar-refractivity contribution >= 4 is 34.0 Å². The van der Waals surface area contributed by atoms with Crippen molar-refractivity contribution in [2.75, 3.05) is 44.2 Å². The van der Waals surface area contributed by atoms with Gasteiger partial charge in [-0.1, -0.05) is 36.3 Å². The van der Waals surface area contributed by atoms with Crippen LogP contribution in [-0.2, 0) is 16.6 Å². The van der Waals surface area contributed by atoms with Gasteiger partial charge in [-0.25, -0.2) is 4.79 Å². The van der Waals surface area contributed by atoms with Crippen molar-refractivity contribution in [3.63, 3.8) is 0 Å². The molecule has 11 nitrogen and oxygen atoms in total. The number of nitrogens with one attached hydrogen (secondary N) is 1. The summed E-state index contributed by atoms with van der Waals surface area (Å²) in [6.45, 7) is 3.45. The molecule has 1 atom stereocenters. The summed E-state index contributed by atoms with van der Waals surface area (Å²) < 4.78 is 6.35. The zero-order valence-corrected chi connectivity index (χ0v) is 27.2.